The molecular weight excluding hydrogens is 336 g/mol. The largest absolute Gasteiger partial charge is 0.0613 e. The van der Waals surface area contributed by atoms with Crippen molar-refractivity contribution < 1.29 is 0 Å². The van der Waals surface area contributed by atoms with E-state index in [4.69, 9.17) is 0 Å². The van der Waals surface area contributed by atoms with Crippen LogP contribution >= 0.6 is 0 Å². The highest BCUT2D eigenvalue weighted by Crippen LogP contribution is 2.37. The molecule has 132 valence electrons. The maximum absolute atomic E-state index is 2.31. The highest BCUT2D eigenvalue weighted by atomic mass is 14.1. The third-order valence-corrected chi connectivity index (χ3v) is 6.35. The van der Waals surface area contributed by atoms with E-state index in [9.17, 15) is 0 Å². The lowest BCUT2D eigenvalue weighted by atomic mass is 9.91. The maximum Gasteiger partial charge on any atom is -0.00987 e. The summed E-state index contributed by atoms with van der Waals surface area (Å²) in [7, 11) is 0. The highest BCUT2D eigenvalue weighted by molar-refractivity contribution is 6.25. The first kappa shape index (κ1) is 15.7. The minimum atomic E-state index is 1.33. The van der Waals surface area contributed by atoms with Crippen molar-refractivity contribution in [3.8, 4) is 0 Å². The van der Waals surface area contributed by atoms with Crippen LogP contribution in [-0.4, -0.2) is 0 Å². The van der Waals surface area contributed by atoms with Crippen molar-refractivity contribution in [1.82, 2.24) is 0 Å². The SMILES string of the molecule is Cc1cccc2c1ccc1c2ccc2c3ccc4c(C)cccc4c3ccc12. The molecule has 0 nitrogen and oxygen atoms in total. The molecule has 0 amide bonds. The molecule has 0 heteroatoms. The molecule has 0 saturated carbocycles. The Morgan fingerprint density at radius 2 is 0.536 bits per heavy atom. The Labute approximate surface area is 164 Å². The zero-order chi connectivity index (χ0) is 18.8. The summed E-state index contributed by atoms with van der Waals surface area (Å²) in [6.45, 7) is 4.38. The molecule has 0 bridgehead atoms. The van der Waals surface area contributed by atoms with E-state index in [-0.39, 0.29) is 0 Å². The predicted molar refractivity (Wildman–Crippen MR) is 123 cm³/mol. The molecule has 0 unspecified atom stereocenters. The molecule has 0 aromatic heterocycles. The van der Waals surface area contributed by atoms with E-state index in [1.165, 1.54) is 65.0 Å². The first-order valence-corrected chi connectivity index (χ1v) is 9.88. The fraction of sp³-hybridized carbons (Fsp3) is 0.0714. The first-order valence-electron chi connectivity index (χ1n) is 9.88. The van der Waals surface area contributed by atoms with Crippen molar-refractivity contribution in [3.05, 3.63) is 96.1 Å². The average Bonchev–Trinajstić information content (AvgIpc) is 2.73. The molecule has 0 aliphatic carbocycles. The van der Waals surface area contributed by atoms with Gasteiger partial charge < -0.3 is 0 Å². The summed E-state index contributed by atoms with van der Waals surface area (Å²) in [6.07, 6.45) is 0. The van der Waals surface area contributed by atoms with Crippen molar-refractivity contribution in [2.75, 3.05) is 0 Å². The number of hydrogen-bond donors (Lipinski definition) is 0. The van der Waals surface area contributed by atoms with Crippen LogP contribution in [0.15, 0.2) is 84.9 Å². The molecule has 0 N–H and O–H groups in total. The van der Waals surface area contributed by atoms with Gasteiger partial charge in [-0.1, -0.05) is 84.9 Å². The molecule has 0 fully saturated rings. The molecule has 6 aromatic rings. The summed E-state index contributed by atoms with van der Waals surface area (Å²) in [6, 6.07) is 31.6. The van der Waals surface area contributed by atoms with Crippen LogP contribution in [0.25, 0.3) is 53.9 Å². The number of hydrogen-bond acceptors (Lipinski definition) is 0. The van der Waals surface area contributed by atoms with E-state index in [0.717, 1.165) is 0 Å². The van der Waals surface area contributed by atoms with E-state index in [2.05, 4.69) is 98.8 Å². The molecule has 0 heterocycles. The van der Waals surface area contributed by atoms with Gasteiger partial charge in [0.2, 0.25) is 0 Å². The summed E-state index contributed by atoms with van der Waals surface area (Å²) < 4.78 is 0. The van der Waals surface area contributed by atoms with Crippen LogP contribution in [-0.2, 0) is 0 Å². The summed E-state index contributed by atoms with van der Waals surface area (Å²) in [5, 5.41) is 13.4. The molecule has 0 aliphatic rings. The third-order valence-electron chi connectivity index (χ3n) is 6.35. The molecule has 0 radical (unpaired) electrons. The monoisotopic (exact) mass is 356 g/mol. The lowest BCUT2D eigenvalue weighted by Gasteiger charge is -2.12. The van der Waals surface area contributed by atoms with Gasteiger partial charge in [-0.15, -0.1) is 0 Å². The van der Waals surface area contributed by atoms with Crippen molar-refractivity contribution >= 4 is 53.9 Å². The van der Waals surface area contributed by atoms with Crippen LogP contribution in [0.5, 0.6) is 0 Å². The fourth-order valence-electron chi connectivity index (χ4n) is 4.89. The minimum absolute atomic E-state index is 1.33. The molecule has 0 saturated heterocycles. The van der Waals surface area contributed by atoms with Crippen LogP contribution in [0, 0.1) is 13.8 Å². The van der Waals surface area contributed by atoms with Gasteiger partial charge in [-0.05, 0) is 78.8 Å². The van der Waals surface area contributed by atoms with Crippen LogP contribution in [0.3, 0.4) is 0 Å². The Kier molecular flexibility index (Phi) is 3.11. The van der Waals surface area contributed by atoms with Crippen LogP contribution < -0.4 is 0 Å². The predicted octanol–water partition coefficient (Wildman–Crippen LogP) is 8.07. The number of benzene rings is 6. The summed E-state index contributed by atoms with van der Waals surface area (Å²) in [5.41, 5.74) is 2.67. The Morgan fingerprint density at radius 1 is 0.286 bits per heavy atom. The van der Waals surface area contributed by atoms with Crippen LogP contribution in [0.1, 0.15) is 11.1 Å². The van der Waals surface area contributed by atoms with Gasteiger partial charge in [-0.3, -0.25) is 0 Å². The van der Waals surface area contributed by atoms with Gasteiger partial charge in [0, 0.05) is 0 Å². The Hall–Kier alpha value is -3.38. The van der Waals surface area contributed by atoms with Crippen molar-refractivity contribution in [2.45, 2.75) is 13.8 Å². The van der Waals surface area contributed by atoms with E-state index in [0.29, 0.717) is 0 Å². The van der Waals surface area contributed by atoms with Gasteiger partial charge in [0.1, 0.15) is 0 Å². The van der Waals surface area contributed by atoms with Gasteiger partial charge in [0.05, 0.1) is 0 Å². The van der Waals surface area contributed by atoms with E-state index < -0.39 is 0 Å². The van der Waals surface area contributed by atoms with Gasteiger partial charge in [-0.2, -0.15) is 0 Å². The van der Waals surface area contributed by atoms with Gasteiger partial charge in [0.25, 0.3) is 0 Å². The second kappa shape index (κ2) is 5.56. The Bertz CT molecular complexity index is 1450. The Morgan fingerprint density at radius 3 is 0.857 bits per heavy atom. The standard InChI is InChI=1S/C28H20/c1-17-5-3-7-21-19(17)9-11-25-23(21)13-15-28-26-12-10-20-18(2)6-4-8-22(20)24(26)14-16-27(25)28/h3-16H,1-2H3. The van der Waals surface area contributed by atoms with Gasteiger partial charge >= 0.3 is 0 Å². The summed E-state index contributed by atoms with van der Waals surface area (Å²) in [4.78, 5) is 0. The smallest absolute Gasteiger partial charge is 0.00987 e. The number of rotatable bonds is 0. The molecule has 0 atom stereocenters. The second-order valence-corrected chi connectivity index (χ2v) is 7.89. The van der Waals surface area contributed by atoms with E-state index in [1.807, 2.05) is 0 Å². The Balaban J connectivity index is 1.79. The van der Waals surface area contributed by atoms with Crippen molar-refractivity contribution in [1.29, 1.82) is 0 Å². The topological polar surface area (TPSA) is 0 Å². The molecule has 0 spiro atoms. The third kappa shape index (κ3) is 2.00. The first-order chi connectivity index (χ1) is 13.7. The molecule has 6 aromatic carbocycles. The molecule has 6 rings (SSSR count). The zero-order valence-corrected chi connectivity index (χ0v) is 16.1. The summed E-state index contributed by atoms with van der Waals surface area (Å²) in [5.74, 6) is 0. The zero-order valence-electron chi connectivity index (χ0n) is 16.1. The average molecular weight is 356 g/mol. The van der Waals surface area contributed by atoms with Crippen LogP contribution in [0.2, 0.25) is 0 Å². The number of fused-ring (bicyclic) bond motifs is 9. The lowest BCUT2D eigenvalue weighted by Crippen LogP contribution is -1.86. The maximum atomic E-state index is 2.31. The normalized spacial score (nSPS) is 11.9. The molecular formula is C28H20. The molecule has 28 heavy (non-hydrogen) atoms. The quantitative estimate of drug-likeness (QED) is 0.241. The second-order valence-electron chi connectivity index (χ2n) is 7.89. The highest BCUT2D eigenvalue weighted by Gasteiger charge is 2.10. The summed E-state index contributed by atoms with van der Waals surface area (Å²) >= 11 is 0. The van der Waals surface area contributed by atoms with Gasteiger partial charge in [-0.25, -0.2) is 0 Å². The minimum Gasteiger partial charge on any atom is -0.0613 e. The van der Waals surface area contributed by atoms with Crippen molar-refractivity contribution in [2.24, 2.45) is 0 Å². The van der Waals surface area contributed by atoms with Crippen molar-refractivity contribution in [3.63, 3.8) is 0 Å². The van der Waals surface area contributed by atoms with E-state index >= 15 is 0 Å². The fourth-order valence-corrected chi connectivity index (χ4v) is 4.89. The number of aryl methyl sites for hydroxylation is 2. The van der Waals surface area contributed by atoms with E-state index in [1.54, 1.807) is 0 Å². The van der Waals surface area contributed by atoms with Gasteiger partial charge in [0.15, 0.2) is 0 Å². The lowest BCUT2D eigenvalue weighted by molar-refractivity contribution is 1.54. The van der Waals surface area contributed by atoms with Crippen LogP contribution in [0.4, 0.5) is 0 Å². The molecule has 0 aliphatic heterocycles.